The smallest absolute Gasteiger partial charge is 0.313 e. The molecule has 0 aliphatic heterocycles. The van der Waals surface area contributed by atoms with Crippen molar-refractivity contribution in [3.05, 3.63) is 35.9 Å². The van der Waals surface area contributed by atoms with E-state index in [0.29, 0.717) is 12.0 Å². The van der Waals surface area contributed by atoms with Gasteiger partial charge in [0.05, 0.1) is 0 Å². The Kier molecular flexibility index (Phi) is 12.0. The van der Waals surface area contributed by atoms with E-state index in [9.17, 15) is 13.6 Å². The van der Waals surface area contributed by atoms with Crippen LogP contribution in [0, 0.1) is 0 Å². The van der Waals surface area contributed by atoms with Gasteiger partial charge in [-0.3, -0.25) is 4.21 Å². The molecule has 154 valence electrons. The van der Waals surface area contributed by atoms with E-state index in [1.54, 1.807) is 24.3 Å². The molecule has 0 aliphatic carbocycles. The molecule has 1 aromatic carbocycles. The van der Waals surface area contributed by atoms with Gasteiger partial charge in [-0.05, 0) is 29.5 Å². The van der Waals surface area contributed by atoms with E-state index in [1.165, 1.54) is 51.4 Å². The van der Waals surface area contributed by atoms with Gasteiger partial charge in [-0.25, -0.2) is 4.79 Å². The van der Waals surface area contributed by atoms with Crippen LogP contribution in [0.4, 0.5) is 4.79 Å². The number of nitrogens with one attached hydrogen (secondary N) is 1. The Morgan fingerprint density at radius 1 is 0.963 bits per heavy atom. The van der Waals surface area contributed by atoms with Gasteiger partial charge in [-0.15, -0.1) is 0 Å². The second-order valence-electron chi connectivity index (χ2n) is 7.20. The first-order valence-corrected chi connectivity index (χ1v) is 11.3. The number of carbonyl (C=O) groups is 1. The molecule has 1 aromatic rings. The van der Waals surface area contributed by atoms with Gasteiger partial charge in [0.2, 0.25) is 0 Å². The summed E-state index contributed by atoms with van der Waals surface area (Å²) in [5.41, 5.74) is 5.80. The first kappa shape index (κ1) is 23.6. The predicted molar refractivity (Wildman–Crippen MR) is 111 cm³/mol. The number of benzene rings is 1. The maximum absolute atomic E-state index is 12.0. The topological polar surface area (TPSA) is 95.2 Å². The van der Waals surface area contributed by atoms with Crippen LogP contribution in [0.25, 0.3) is 0 Å². The van der Waals surface area contributed by atoms with E-state index in [1.807, 2.05) is 6.07 Å². The van der Waals surface area contributed by atoms with Crippen LogP contribution >= 0.6 is 0 Å². The molecule has 1 rings (SSSR count). The minimum atomic E-state index is -2.51. The molecule has 0 bridgehead atoms. The van der Waals surface area contributed by atoms with Gasteiger partial charge < -0.3 is 15.6 Å². The van der Waals surface area contributed by atoms with Crippen LogP contribution < -0.4 is 11.1 Å². The number of hydrogen-bond donors (Lipinski definition) is 2. The van der Waals surface area contributed by atoms with Crippen molar-refractivity contribution in [3.63, 3.8) is 0 Å². The van der Waals surface area contributed by atoms with E-state index < -0.39 is 22.0 Å². The quantitative estimate of drug-likeness (QED) is 0.320. The molecule has 0 fully saturated rings. The Morgan fingerprint density at radius 2 is 1.44 bits per heavy atom. The molecule has 2 unspecified atom stereocenters. The first-order chi connectivity index (χ1) is 13.0. The van der Waals surface area contributed by atoms with Gasteiger partial charge in [-0.2, -0.15) is 0 Å². The lowest BCUT2D eigenvalue weighted by Crippen LogP contribution is -2.51. The van der Waals surface area contributed by atoms with Gasteiger partial charge in [0.1, 0.15) is 4.87 Å². The fourth-order valence-corrected chi connectivity index (χ4v) is 4.27. The summed E-state index contributed by atoms with van der Waals surface area (Å²) in [4.78, 5) is 9.98. The number of primary amides is 1. The molecule has 2 atom stereocenters. The summed E-state index contributed by atoms with van der Waals surface area (Å²) in [7, 11) is 0. The summed E-state index contributed by atoms with van der Waals surface area (Å²) in [5.74, 6) is 0. The number of carbonyl (C=O) groups excluding carboxylic acids is 1. The van der Waals surface area contributed by atoms with Crippen LogP contribution in [-0.4, -0.2) is 14.8 Å². The Balaban J connectivity index is 2.40. The molecule has 0 spiro atoms. The normalized spacial score (nSPS) is 14.4. The van der Waals surface area contributed by atoms with Gasteiger partial charge in [0.15, 0.2) is 0 Å². The number of urea groups is 1. The van der Waals surface area contributed by atoms with Crippen LogP contribution in [-0.2, 0) is 16.0 Å². The van der Waals surface area contributed by atoms with Crippen molar-refractivity contribution in [2.75, 3.05) is 0 Å². The molecular formula is C21H35N2O3S-. The summed E-state index contributed by atoms with van der Waals surface area (Å²) < 4.78 is 24.0. The number of hydrogen-bond acceptors (Lipinski definition) is 3. The highest BCUT2D eigenvalue weighted by atomic mass is 32.2. The zero-order valence-corrected chi connectivity index (χ0v) is 17.4. The summed E-state index contributed by atoms with van der Waals surface area (Å²) in [6.45, 7) is 2.23. The van der Waals surface area contributed by atoms with E-state index >= 15 is 0 Å². The van der Waals surface area contributed by atoms with E-state index in [4.69, 9.17) is 5.73 Å². The molecule has 27 heavy (non-hydrogen) atoms. The Bertz CT molecular complexity index is 554. The van der Waals surface area contributed by atoms with Crippen molar-refractivity contribution in [2.45, 2.75) is 88.8 Å². The SMILES string of the molecule is CCCCCCCCCCCCCC(NC(N)=O)(c1ccccc1)S(=O)[O-]. The fourth-order valence-electron chi connectivity index (χ4n) is 3.44. The predicted octanol–water partition coefficient (Wildman–Crippen LogP) is 5.09. The van der Waals surface area contributed by atoms with Crippen LogP contribution in [0.15, 0.2) is 30.3 Å². The van der Waals surface area contributed by atoms with Crippen molar-refractivity contribution >= 4 is 17.1 Å². The third-order valence-corrected chi connectivity index (χ3v) is 6.09. The second-order valence-corrected chi connectivity index (χ2v) is 8.37. The van der Waals surface area contributed by atoms with Crippen LogP contribution in [0.3, 0.4) is 0 Å². The lowest BCUT2D eigenvalue weighted by molar-refractivity contribution is 0.239. The van der Waals surface area contributed by atoms with Gasteiger partial charge in [-0.1, -0.05) is 101 Å². The molecular weight excluding hydrogens is 360 g/mol. The molecule has 2 amide bonds. The average molecular weight is 396 g/mol. The summed E-state index contributed by atoms with van der Waals surface area (Å²) in [6.07, 6.45) is 13.4. The van der Waals surface area contributed by atoms with Crippen molar-refractivity contribution in [3.8, 4) is 0 Å². The van der Waals surface area contributed by atoms with Gasteiger partial charge >= 0.3 is 6.03 Å². The first-order valence-electron chi connectivity index (χ1n) is 10.3. The largest absolute Gasteiger partial charge is 0.770 e. The molecule has 0 saturated heterocycles. The highest BCUT2D eigenvalue weighted by Gasteiger charge is 2.34. The third kappa shape index (κ3) is 8.89. The summed E-state index contributed by atoms with van der Waals surface area (Å²) >= 11 is -2.51. The molecule has 5 nitrogen and oxygen atoms in total. The van der Waals surface area contributed by atoms with E-state index in [-0.39, 0.29) is 0 Å². The molecule has 6 heteroatoms. The van der Waals surface area contributed by atoms with Crippen molar-refractivity contribution in [1.29, 1.82) is 0 Å². The molecule has 0 radical (unpaired) electrons. The van der Waals surface area contributed by atoms with Gasteiger partial charge in [0, 0.05) is 0 Å². The van der Waals surface area contributed by atoms with E-state index in [2.05, 4.69) is 12.2 Å². The third-order valence-electron chi connectivity index (χ3n) is 4.98. The van der Waals surface area contributed by atoms with Gasteiger partial charge in [0.25, 0.3) is 0 Å². The second kappa shape index (κ2) is 13.7. The minimum absolute atomic E-state index is 0.326. The molecule has 0 heterocycles. The zero-order valence-electron chi connectivity index (χ0n) is 16.6. The average Bonchev–Trinajstić information content (AvgIpc) is 2.65. The number of rotatable bonds is 15. The Labute approximate surface area is 166 Å². The summed E-state index contributed by atoms with van der Waals surface area (Å²) in [5, 5.41) is 2.47. The standard InChI is InChI=1S/C21H36N2O3S/c1-2-3-4-5-6-7-8-9-10-11-15-18-21(27(25)26,23-20(22)24)19-16-13-12-14-17-19/h12-14,16-17H,2-11,15,18H2,1H3,(H,25,26)(H3,22,23,24)/p-1. The van der Waals surface area contributed by atoms with Crippen LogP contribution in [0.1, 0.15) is 89.5 Å². The number of nitrogens with two attached hydrogens (primary N) is 1. The lowest BCUT2D eigenvalue weighted by Gasteiger charge is -2.36. The number of amides is 2. The van der Waals surface area contributed by atoms with Crippen molar-refractivity contribution in [1.82, 2.24) is 5.32 Å². The molecule has 0 aromatic heterocycles. The highest BCUT2D eigenvalue weighted by molar-refractivity contribution is 7.80. The lowest BCUT2D eigenvalue weighted by atomic mass is 9.98. The van der Waals surface area contributed by atoms with Crippen LogP contribution in [0.2, 0.25) is 0 Å². The monoisotopic (exact) mass is 395 g/mol. The van der Waals surface area contributed by atoms with Crippen molar-refractivity contribution < 1.29 is 13.6 Å². The Morgan fingerprint density at radius 3 is 1.89 bits per heavy atom. The maximum atomic E-state index is 12.0. The maximum Gasteiger partial charge on any atom is 0.313 e. The highest BCUT2D eigenvalue weighted by Crippen LogP contribution is 2.30. The Hall–Kier alpha value is -1.40. The van der Waals surface area contributed by atoms with Crippen LogP contribution in [0.5, 0.6) is 0 Å². The zero-order chi connectivity index (χ0) is 20.0. The van der Waals surface area contributed by atoms with Crippen molar-refractivity contribution in [2.24, 2.45) is 5.73 Å². The molecule has 0 saturated carbocycles. The summed E-state index contributed by atoms with van der Waals surface area (Å²) in [6, 6.07) is 7.94. The molecule has 3 N–H and O–H groups in total. The fraction of sp³-hybridized carbons (Fsp3) is 0.667. The molecule has 0 aliphatic rings. The number of unbranched alkanes of at least 4 members (excludes halogenated alkanes) is 10. The van der Waals surface area contributed by atoms with E-state index in [0.717, 1.165) is 19.3 Å². The minimum Gasteiger partial charge on any atom is -0.770 e.